The number of carbonyl (C=O) groups is 1. The van der Waals surface area contributed by atoms with Gasteiger partial charge in [-0.2, -0.15) is 0 Å². The molecule has 1 fully saturated rings. The zero-order valence-electron chi connectivity index (χ0n) is 10.3. The lowest BCUT2D eigenvalue weighted by molar-refractivity contribution is -0.134. The van der Waals surface area contributed by atoms with Crippen LogP contribution in [0.2, 0.25) is 0 Å². The average Bonchev–Trinajstić information content (AvgIpc) is 2.78. The molecule has 0 unspecified atom stereocenters. The van der Waals surface area contributed by atoms with Gasteiger partial charge in [-0.15, -0.1) is 11.3 Å². The molecule has 2 heterocycles. The van der Waals surface area contributed by atoms with E-state index in [4.69, 9.17) is 5.73 Å². The summed E-state index contributed by atoms with van der Waals surface area (Å²) in [7, 11) is 0. The minimum atomic E-state index is 0.270. The molecule has 1 amide bonds. The fraction of sp³-hybridized carbons (Fsp3) is 0.615. The quantitative estimate of drug-likeness (QED) is 0.894. The Hall–Kier alpha value is -0.870. The Labute approximate surface area is 107 Å². The van der Waals surface area contributed by atoms with Crippen molar-refractivity contribution in [3.8, 4) is 0 Å². The highest BCUT2D eigenvalue weighted by molar-refractivity contribution is 7.09. The molecule has 0 radical (unpaired) electrons. The van der Waals surface area contributed by atoms with E-state index in [-0.39, 0.29) is 11.9 Å². The van der Waals surface area contributed by atoms with E-state index in [1.807, 2.05) is 11.0 Å². The number of hydrogen-bond donors (Lipinski definition) is 1. The summed E-state index contributed by atoms with van der Waals surface area (Å²) in [6.45, 7) is 2.92. The van der Waals surface area contributed by atoms with Gasteiger partial charge in [0.05, 0.1) is 0 Å². The second-order valence-corrected chi connectivity index (χ2v) is 5.83. The summed E-state index contributed by atoms with van der Waals surface area (Å²) in [5, 5.41) is 2.06. The van der Waals surface area contributed by atoms with E-state index in [0.717, 1.165) is 25.8 Å². The number of thiophene rings is 1. The first-order valence-electron chi connectivity index (χ1n) is 6.24. The van der Waals surface area contributed by atoms with Gasteiger partial charge in [-0.25, -0.2) is 0 Å². The van der Waals surface area contributed by atoms with E-state index in [1.165, 1.54) is 4.88 Å². The van der Waals surface area contributed by atoms with Crippen LogP contribution in [0.4, 0.5) is 0 Å². The highest BCUT2D eigenvalue weighted by Gasteiger charge is 2.26. The topological polar surface area (TPSA) is 46.3 Å². The van der Waals surface area contributed by atoms with Crippen molar-refractivity contribution in [2.75, 3.05) is 6.54 Å². The number of hydrogen-bond acceptors (Lipinski definition) is 3. The van der Waals surface area contributed by atoms with Crippen molar-refractivity contribution in [2.45, 2.75) is 44.7 Å². The zero-order chi connectivity index (χ0) is 12.3. The molecule has 0 aliphatic carbocycles. The molecule has 2 N–H and O–H groups in total. The maximum atomic E-state index is 12.1. The van der Waals surface area contributed by atoms with Gasteiger partial charge < -0.3 is 10.6 Å². The lowest BCUT2D eigenvalue weighted by Gasteiger charge is -2.36. The van der Waals surface area contributed by atoms with E-state index < -0.39 is 0 Å². The smallest absolute Gasteiger partial charge is 0.223 e. The number of nitrogens with two attached hydrogens (primary N) is 1. The molecule has 17 heavy (non-hydrogen) atoms. The first-order valence-corrected chi connectivity index (χ1v) is 7.12. The molecular formula is C13H20N2OS. The Bertz CT molecular complexity index is 364. The molecule has 0 spiro atoms. The van der Waals surface area contributed by atoms with Crippen LogP contribution in [0.1, 0.15) is 31.1 Å². The standard InChI is InChI=1S/C13H20N2OS/c1-10-9-11(14)6-7-15(10)13(16)5-4-12-3-2-8-17-12/h2-3,8,10-11H,4-7,9,14H2,1H3/t10-,11-/m1/s1. The Morgan fingerprint density at radius 1 is 1.65 bits per heavy atom. The summed E-state index contributed by atoms with van der Waals surface area (Å²) >= 11 is 1.72. The van der Waals surface area contributed by atoms with Crippen molar-refractivity contribution in [1.29, 1.82) is 0 Å². The van der Waals surface area contributed by atoms with Gasteiger partial charge in [0.2, 0.25) is 5.91 Å². The predicted octanol–water partition coefficient (Wildman–Crippen LogP) is 2.02. The summed E-state index contributed by atoms with van der Waals surface area (Å²) in [5.41, 5.74) is 5.90. The van der Waals surface area contributed by atoms with E-state index in [1.54, 1.807) is 11.3 Å². The Morgan fingerprint density at radius 2 is 2.47 bits per heavy atom. The monoisotopic (exact) mass is 252 g/mol. The Morgan fingerprint density at radius 3 is 3.12 bits per heavy atom. The van der Waals surface area contributed by atoms with E-state index in [2.05, 4.69) is 18.4 Å². The molecule has 0 aromatic carbocycles. The van der Waals surface area contributed by atoms with E-state index in [9.17, 15) is 4.79 Å². The third kappa shape index (κ3) is 3.30. The third-order valence-electron chi connectivity index (χ3n) is 3.40. The lowest BCUT2D eigenvalue weighted by atomic mass is 9.98. The van der Waals surface area contributed by atoms with Crippen LogP contribution in [0.25, 0.3) is 0 Å². The Kier molecular flexibility index (Phi) is 4.18. The predicted molar refractivity (Wildman–Crippen MR) is 71.0 cm³/mol. The minimum absolute atomic E-state index is 0.270. The number of carbonyl (C=O) groups excluding carboxylic acids is 1. The van der Waals surface area contributed by atoms with Gasteiger partial charge in [0.1, 0.15) is 0 Å². The molecule has 1 aromatic heterocycles. The zero-order valence-corrected chi connectivity index (χ0v) is 11.1. The molecular weight excluding hydrogens is 232 g/mol. The second-order valence-electron chi connectivity index (χ2n) is 4.80. The first-order chi connectivity index (χ1) is 8.16. The second kappa shape index (κ2) is 5.65. The summed E-state index contributed by atoms with van der Waals surface area (Å²) in [5.74, 6) is 0.276. The van der Waals surface area contributed by atoms with Crippen LogP contribution < -0.4 is 5.73 Å². The van der Waals surface area contributed by atoms with Gasteiger partial charge in [-0.3, -0.25) is 4.79 Å². The number of likely N-dealkylation sites (tertiary alicyclic amines) is 1. The summed E-state index contributed by atoms with van der Waals surface area (Å²) in [4.78, 5) is 15.4. The van der Waals surface area contributed by atoms with Crippen LogP contribution in [-0.2, 0) is 11.2 Å². The normalized spacial score (nSPS) is 24.9. The first kappa shape index (κ1) is 12.6. The van der Waals surface area contributed by atoms with Crippen LogP contribution in [0, 0.1) is 0 Å². The average molecular weight is 252 g/mol. The summed E-state index contributed by atoms with van der Waals surface area (Å²) < 4.78 is 0. The number of aryl methyl sites for hydroxylation is 1. The van der Waals surface area contributed by atoms with E-state index >= 15 is 0 Å². The molecule has 1 aliphatic rings. The molecule has 1 aliphatic heterocycles. The molecule has 1 saturated heterocycles. The van der Waals surface area contributed by atoms with Crippen LogP contribution in [0.15, 0.2) is 17.5 Å². The van der Waals surface area contributed by atoms with Crippen LogP contribution in [0.5, 0.6) is 0 Å². The Balaban J connectivity index is 1.83. The van der Waals surface area contributed by atoms with E-state index in [0.29, 0.717) is 12.5 Å². The number of rotatable bonds is 3. The fourth-order valence-electron chi connectivity index (χ4n) is 2.41. The van der Waals surface area contributed by atoms with Crippen LogP contribution in [-0.4, -0.2) is 29.4 Å². The van der Waals surface area contributed by atoms with Gasteiger partial charge >= 0.3 is 0 Å². The number of piperidine rings is 1. The van der Waals surface area contributed by atoms with Crippen molar-refractivity contribution in [3.63, 3.8) is 0 Å². The number of nitrogens with zero attached hydrogens (tertiary/aromatic N) is 1. The molecule has 3 nitrogen and oxygen atoms in total. The molecule has 4 heteroatoms. The maximum Gasteiger partial charge on any atom is 0.223 e. The molecule has 94 valence electrons. The van der Waals surface area contributed by atoms with Crippen molar-refractivity contribution < 1.29 is 4.79 Å². The maximum absolute atomic E-state index is 12.1. The van der Waals surface area contributed by atoms with Crippen molar-refractivity contribution in [1.82, 2.24) is 4.90 Å². The van der Waals surface area contributed by atoms with Gasteiger partial charge in [0.25, 0.3) is 0 Å². The highest BCUT2D eigenvalue weighted by Crippen LogP contribution is 2.18. The van der Waals surface area contributed by atoms with Crippen LogP contribution >= 0.6 is 11.3 Å². The number of amides is 1. The van der Waals surface area contributed by atoms with Gasteiger partial charge in [0, 0.05) is 29.9 Å². The molecule has 0 saturated carbocycles. The largest absolute Gasteiger partial charge is 0.340 e. The van der Waals surface area contributed by atoms with Crippen molar-refractivity contribution >= 4 is 17.2 Å². The summed E-state index contributed by atoms with van der Waals surface area (Å²) in [6.07, 6.45) is 3.37. The molecule has 0 bridgehead atoms. The third-order valence-corrected chi connectivity index (χ3v) is 4.34. The van der Waals surface area contributed by atoms with Gasteiger partial charge in [-0.05, 0) is 37.6 Å². The SMILES string of the molecule is C[C@@H]1C[C@H](N)CCN1C(=O)CCc1cccs1. The van der Waals surface area contributed by atoms with Crippen molar-refractivity contribution in [2.24, 2.45) is 5.73 Å². The lowest BCUT2D eigenvalue weighted by Crippen LogP contribution is -2.48. The highest BCUT2D eigenvalue weighted by atomic mass is 32.1. The minimum Gasteiger partial charge on any atom is -0.340 e. The summed E-state index contributed by atoms with van der Waals surface area (Å²) in [6, 6.07) is 4.70. The fourth-order valence-corrected chi connectivity index (χ4v) is 3.12. The molecule has 2 rings (SSSR count). The molecule has 2 atom stereocenters. The van der Waals surface area contributed by atoms with Crippen molar-refractivity contribution in [3.05, 3.63) is 22.4 Å². The van der Waals surface area contributed by atoms with Gasteiger partial charge in [-0.1, -0.05) is 6.07 Å². The van der Waals surface area contributed by atoms with Gasteiger partial charge in [0.15, 0.2) is 0 Å². The molecule has 1 aromatic rings. The van der Waals surface area contributed by atoms with Crippen LogP contribution in [0.3, 0.4) is 0 Å².